The highest BCUT2D eigenvalue weighted by atomic mass is 32.2. The van der Waals surface area contributed by atoms with Crippen molar-refractivity contribution in [3.05, 3.63) is 71.8 Å². The number of amides is 1. The molecule has 2 heterocycles. The molecule has 1 aliphatic rings. The van der Waals surface area contributed by atoms with Gasteiger partial charge in [0.1, 0.15) is 11.6 Å². The van der Waals surface area contributed by atoms with Crippen molar-refractivity contribution >= 4 is 21.4 Å². The van der Waals surface area contributed by atoms with Crippen LogP contribution in [0.15, 0.2) is 59.8 Å². The second-order valence-corrected chi connectivity index (χ2v) is 11.2. The summed E-state index contributed by atoms with van der Waals surface area (Å²) < 4.78 is 90.6. The number of carbonyl (C=O) groups is 1. The Labute approximate surface area is 223 Å². The summed E-state index contributed by atoms with van der Waals surface area (Å²) in [7, 11) is -2.73. The molecule has 0 spiro atoms. The van der Waals surface area contributed by atoms with Gasteiger partial charge in [0.2, 0.25) is 0 Å². The molecule has 2 aromatic carbocycles. The van der Waals surface area contributed by atoms with E-state index in [0.717, 1.165) is 25.2 Å². The highest BCUT2D eigenvalue weighted by Gasteiger charge is 2.34. The van der Waals surface area contributed by atoms with Crippen molar-refractivity contribution < 1.29 is 40.2 Å². The van der Waals surface area contributed by atoms with Crippen LogP contribution in [0.1, 0.15) is 35.2 Å². The van der Waals surface area contributed by atoms with Crippen molar-refractivity contribution in [1.82, 2.24) is 4.98 Å². The fourth-order valence-electron chi connectivity index (χ4n) is 4.42. The molecule has 1 aliphatic heterocycles. The van der Waals surface area contributed by atoms with Gasteiger partial charge < -0.3 is 14.4 Å². The average molecular weight is 567 g/mol. The summed E-state index contributed by atoms with van der Waals surface area (Å²) in [5, 5.41) is 0. The SMILES string of the molecule is COc1cc(F)ccc1-c1ccncc1N(C[C@H]1CCCCO1)C(=O)c1cc(C(F)(F)F)cc(S(C)(=O)=O)c1. The van der Waals surface area contributed by atoms with Gasteiger partial charge in [0, 0.05) is 41.8 Å². The van der Waals surface area contributed by atoms with Crippen LogP contribution in [-0.4, -0.2) is 51.9 Å². The lowest BCUT2D eigenvalue weighted by atomic mass is 10.0. The van der Waals surface area contributed by atoms with Crippen LogP contribution in [0.25, 0.3) is 11.1 Å². The Morgan fingerprint density at radius 3 is 2.54 bits per heavy atom. The largest absolute Gasteiger partial charge is 0.496 e. The summed E-state index contributed by atoms with van der Waals surface area (Å²) in [5.41, 5.74) is -0.711. The Hall–Kier alpha value is -3.51. The summed E-state index contributed by atoms with van der Waals surface area (Å²) in [4.78, 5) is 18.7. The first-order chi connectivity index (χ1) is 18.4. The van der Waals surface area contributed by atoms with Crippen molar-refractivity contribution in [2.24, 2.45) is 0 Å². The third-order valence-corrected chi connectivity index (χ3v) is 7.45. The zero-order valence-electron chi connectivity index (χ0n) is 21.2. The molecule has 7 nitrogen and oxygen atoms in total. The number of benzene rings is 2. The predicted octanol–water partition coefficient (Wildman–Crippen LogP) is 5.53. The zero-order valence-corrected chi connectivity index (χ0v) is 22.0. The Kier molecular flexibility index (Phi) is 8.26. The van der Waals surface area contributed by atoms with E-state index < -0.39 is 49.9 Å². The van der Waals surface area contributed by atoms with Crippen molar-refractivity contribution in [3.8, 4) is 16.9 Å². The smallest absolute Gasteiger partial charge is 0.416 e. The number of anilines is 1. The highest BCUT2D eigenvalue weighted by molar-refractivity contribution is 7.90. The highest BCUT2D eigenvalue weighted by Crippen LogP contribution is 2.38. The predicted molar refractivity (Wildman–Crippen MR) is 136 cm³/mol. The van der Waals surface area contributed by atoms with Gasteiger partial charge in [-0.3, -0.25) is 9.78 Å². The second-order valence-electron chi connectivity index (χ2n) is 9.16. The molecular formula is C27H26F4N2O5S. The van der Waals surface area contributed by atoms with Crippen molar-refractivity contribution in [1.29, 1.82) is 0 Å². The maximum absolute atomic E-state index is 14.0. The second kappa shape index (κ2) is 11.3. The standard InChI is InChI=1S/C27H26F4N2O5S/c1-37-25-14-19(28)6-7-23(25)22-8-9-32-15-24(22)33(16-20-5-3-4-10-38-20)26(34)17-11-18(27(29,30)31)13-21(12-17)39(2,35)36/h6-9,11-15,20H,3-5,10,16H2,1-2H3/t20-/m1/s1. The number of sulfone groups is 1. The Morgan fingerprint density at radius 1 is 1.13 bits per heavy atom. The first-order valence-corrected chi connectivity index (χ1v) is 13.9. The summed E-state index contributed by atoms with van der Waals surface area (Å²) in [6.07, 6.45) is 0.540. The molecule has 3 aromatic rings. The molecule has 208 valence electrons. The summed E-state index contributed by atoms with van der Waals surface area (Å²) >= 11 is 0. The quantitative estimate of drug-likeness (QED) is 0.350. The number of carbonyl (C=O) groups excluding carboxylic acids is 1. The van der Waals surface area contributed by atoms with Crippen LogP contribution in [0, 0.1) is 5.82 Å². The van der Waals surface area contributed by atoms with E-state index in [1.165, 1.54) is 42.6 Å². The maximum atomic E-state index is 14.0. The molecule has 1 saturated heterocycles. The van der Waals surface area contributed by atoms with Crippen LogP contribution in [-0.2, 0) is 20.8 Å². The molecule has 0 saturated carbocycles. The number of rotatable bonds is 7. The number of hydrogen-bond donors (Lipinski definition) is 0. The number of halogens is 4. The van der Waals surface area contributed by atoms with E-state index in [9.17, 15) is 30.8 Å². The molecular weight excluding hydrogens is 540 g/mol. The normalized spacial score (nSPS) is 16.1. The molecule has 0 bridgehead atoms. The number of ether oxygens (including phenoxy) is 2. The van der Waals surface area contributed by atoms with Gasteiger partial charge in [-0.2, -0.15) is 13.2 Å². The molecule has 4 rings (SSSR count). The molecule has 39 heavy (non-hydrogen) atoms. The van der Waals surface area contributed by atoms with Gasteiger partial charge in [-0.25, -0.2) is 12.8 Å². The maximum Gasteiger partial charge on any atom is 0.416 e. The number of alkyl halides is 3. The molecule has 0 N–H and O–H groups in total. The van der Waals surface area contributed by atoms with Gasteiger partial charge in [-0.1, -0.05) is 0 Å². The first-order valence-electron chi connectivity index (χ1n) is 12.0. The fraction of sp³-hybridized carbons (Fsp3) is 0.333. The fourth-order valence-corrected chi connectivity index (χ4v) is 5.10. The minimum absolute atomic E-state index is 0.0362. The van der Waals surface area contributed by atoms with E-state index >= 15 is 0 Å². The number of methoxy groups -OCH3 is 1. The monoisotopic (exact) mass is 566 g/mol. The van der Waals surface area contributed by atoms with Gasteiger partial charge >= 0.3 is 6.18 Å². The lowest BCUT2D eigenvalue weighted by Crippen LogP contribution is -2.40. The van der Waals surface area contributed by atoms with Crippen molar-refractivity contribution in [3.63, 3.8) is 0 Å². The van der Waals surface area contributed by atoms with E-state index in [2.05, 4.69) is 4.98 Å². The topological polar surface area (TPSA) is 85.8 Å². The molecule has 1 amide bonds. The number of hydrogen-bond acceptors (Lipinski definition) is 6. The van der Waals surface area contributed by atoms with E-state index in [4.69, 9.17) is 9.47 Å². The minimum Gasteiger partial charge on any atom is -0.496 e. The van der Waals surface area contributed by atoms with Crippen LogP contribution in [0.2, 0.25) is 0 Å². The Bertz CT molecular complexity index is 1470. The van der Waals surface area contributed by atoms with Gasteiger partial charge in [0.05, 0.1) is 42.1 Å². The molecule has 0 radical (unpaired) electrons. The van der Waals surface area contributed by atoms with Crippen LogP contribution >= 0.6 is 0 Å². The van der Waals surface area contributed by atoms with E-state index in [1.807, 2.05) is 0 Å². The molecule has 0 unspecified atom stereocenters. The van der Waals surface area contributed by atoms with Crippen molar-refractivity contribution in [2.45, 2.75) is 36.4 Å². The Balaban J connectivity index is 1.89. The molecule has 1 aromatic heterocycles. The third-order valence-electron chi connectivity index (χ3n) is 6.36. The lowest BCUT2D eigenvalue weighted by molar-refractivity contribution is -0.137. The number of pyridine rings is 1. The van der Waals surface area contributed by atoms with Crippen LogP contribution in [0.3, 0.4) is 0 Å². The van der Waals surface area contributed by atoms with Gasteiger partial charge in [0.25, 0.3) is 5.91 Å². The third kappa shape index (κ3) is 6.56. The number of nitrogens with zero attached hydrogens (tertiary/aromatic N) is 2. The average Bonchev–Trinajstić information content (AvgIpc) is 2.90. The molecule has 1 fully saturated rings. The van der Waals surface area contributed by atoms with Crippen LogP contribution in [0.5, 0.6) is 5.75 Å². The van der Waals surface area contributed by atoms with Gasteiger partial charge in [-0.05, 0) is 55.7 Å². The Morgan fingerprint density at radius 2 is 1.90 bits per heavy atom. The molecule has 1 atom stereocenters. The zero-order chi connectivity index (χ0) is 28.4. The van der Waals surface area contributed by atoms with Crippen LogP contribution in [0.4, 0.5) is 23.2 Å². The summed E-state index contributed by atoms with van der Waals surface area (Å²) in [6, 6.07) is 7.46. The first kappa shape index (κ1) is 28.5. The molecule has 12 heteroatoms. The lowest BCUT2D eigenvalue weighted by Gasteiger charge is -2.31. The summed E-state index contributed by atoms with van der Waals surface area (Å²) in [6.45, 7) is 0.422. The van der Waals surface area contributed by atoms with Gasteiger partial charge in [0.15, 0.2) is 9.84 Å². The van der Waals surface area contributed by atoms with Crippen LogP contribution < -0.4 is 9.64 Å². The molecule has 0 aliphatic carbocycles. The summed E-state index contributed by atoms with van der Waals surface area (Å²) in [5.74, 6) is -1.26. The van der Waals surface area contributed by atoms with E-state index in [0.29, 0.717) is 36.3 Å². The van der Waals surface area contributed by atoms with E-state index in [1.54, 1.807) is 6.07 Å². The minimum atomic E-state index is -4.89. The van der Waals surface area contributed by atoms with Gasteiger partial charge in [-0.15, -0.1) is 0 Å². The number of aromatic nitrogens is 1. The van der Waals surface area contributed by atoms with E-state index in [-0.39, 0.29) is 18.0 Å². The van der Waals surface area contributed by atoms with Crippen molar-refractivity contribution in [2.75, 3.05) is 31.4 Å².